The standard InChI is InChI=1S/C64H64N16O20S6/c1-22(81)39-54(89)75-40(23(2)95-7)57-69-32(19-103-57)51(86)76-43-45-46(100-37-12-64(4,93)47(79(5)6)24(3)99-37)62(91)97-13-25-9-8-10-35-38(25)27(14-96-45)44(80(35)94)61(90)98-15-28(66-49(84)30-18-105-59(43)71-30)56-67-29(16-102-56)41-26(55-68-31(17-101-55)50(85)74-39)11-36(82)42(73-41)58-70-33(20-104-58)52(87)77-60(48(65)83)106-21-34-53(88)78-63(92)72-34/h8-11,16-20,22,24,28,34,37,39,43,45-47,60,81-82,93-94H,12-15,21H2,1-7H3,(H2,65,83)(H,66,84)(H,74,85)(H,75,89)(H,76,86)(H,77,87)(H2,72,78,88,92)/b40-23+/t22-,24+,28+,34+,37+,39?,43+,45+,46+,47-,60?,64+/m1/s1. The van der Waals surface area contributed by atoms with Crippen LogP contribution in [0.5, 0.6) is 5.75 Å². The molecule has 12 atom stereocenters. The summed E-state index contributed by atoms with van der Waals surface area (Å²) in [5, 5.41) is 70.6. The van der Waals surface area contributed by atoms with Crippen molar-refractivity contribution in [2.45, 2.75) is 119 Å². The minimum absolute atomic E-state index is 0.00235. The molecule has 13 N–H and O–H groups in total. The normalized spacial score (nSPS) is 24.8. The number of pyridine rings is 1. The van der Waals surface area contributed by atoms with E-state index in [9.17, 15) is 49.3 Å². The van der Waals surface area contributed by atoms with Crippen LogP contribution in [0.15, 0.2) is 56.9 Å². The highest BCUT2D eigenvalue weighted by Crippen LogP contribution is 2.43. The first-order chi connectivity index (χ1) is 50.5. The van der Waals surface area contributed by atoms with Crippen molar-refractivity contribution in [2.75, 3.05) is 33.6 Å². The van der Waals surface area contributed by atoms with Crippen molar-refractivity contribution in [3.05, 3.63) is 112 Å². The molecule has 2 fully saturated rings. The van der Waals surface area contributed by atoms with Crippen LogP contribution in [0.1, 0.15) is 125 Å². The van der Waals surface area contributed by atoms with Gasteiger partial charge in [0.2, 0.25) is 5.91 Å². The number of nitrogens with one attached hydrogen (secondary N) is 7. The maximum absolute atomic E-state index is 15.2. The zero-order valence-corrected chi connectivity index (χ0v) is 61.4. The predicted octanol–water partition coefficient (Wildman–Crippen LogP) is 2.65. The number of primary amides is 1. The fourth-order valence-corrected chi connectivity index (χ4v) is 17.8. The summed E-state index contributed by atoms with van der Waals surface area (Å²) in [5.74, 6) is -9.31. The van der Waals surface area contributed by atoms with Crippen LogP contribution in [-0.2, 0) is 60.8 Å². The Bertz CT molecular complexity index is 4930. The number of aromatic hydroxyl groups is 1. The van der Waals surface area contributed by atoms with E-state index in [1.54, 1.807) is 45.0 Å². The molecular weight excluding hydrogens is 1510 g/mol. The van der Waals surface area contributed by atoms with Gasteiger partial charge in [0.05, 0.1) is 43.1 Å². The number of rotatable bonds is 12. The molecule has 12 heterocycles. The molecule has 8 aromatic rings. The summed E-state index contributed by atoms with van der Waals surface area (Å²) in [6.07, 6.45) is -7.66. The Hall–Kier alpha value is -9.99. The Balaban J connectivity index is 0.951. The number of amides is 9. The van der Waals surface area contributed by atoms with Crippen LogP contribution in [0.3, 0.4) is 0 Å². The molecule has 0 spiro atoms. The number of urea groups is 1. The van der Waals surface area contributed by atoms with E-state index in [-0.39, 0.29) is 116 Å². The van der Waals surface area contributed by atoms with E-state index >= 15 is 19.2 Å². The highest BCUT2D eigenvalue weighted by Gasteiger charge is 2.50. The Morgan fingerprint density at radius 3 is 2.22 bits per heavy atom. The molecule has 1 aromatic carbocycles. The van der Waals surface area contributed by atoms with E-state index in [1.807, 2.05) is 0 Å². The molecule has 36 nitrogen and oxygen atoms in total. The van der Waals surface area contributed by atoms with Crippen LogP contribution >= 0.6 is 68.4 Å². The maximum atomic E-state index is 15.2. The molecule has 0 radical (unpaired) electrons. The number of thiazole rings is 5. The van der Waals surface area contributed by atoms with Gasteiger partial charge in [-0.2, -0.15) is 4.73 Å². The van der Waals surface area contributed by atoms with E-state index in [1.165, 1.54) is 60.0 Å². The second kappa shape index (κ2) is 30.1. The van der Waals surface area contributed by atoms with Gasteiger partial charge in [-0.1, -0.05) is 12.1 Å². The second-order valence-electron chi connectivity index (χ2n) is 25.1. The number of carbonyl (C=O) groups excluding carboxylic acids is 10. The van der Waals surface area contributed by atoms with E-state index in [0.717, 1.165) is 68.4 Å². The minimum Gasteiger partial charge on any atom is -0.506 e. The molecular formula is C64H64N16O20S6. The summed E-state index contributed by atoms with van der Waals surface area (Å²) < 4.78 is 38.2. The number of benzene rings is 1. The summed E-state index contributed by atoms with van der Waals surface area (Å²) in [7, 11) is 4.81. The zero-order chi connectivity index (χ0) is 75.5. The van der Waals surface area contributed by atoms with Gasteiger partial charge in [-0.25, -0.2) is 44.3 Å². The smallest absolute Gasteiger partial charge is 0.358 e. The maximum Gasteiger partial charge on any atom is 0.358 e. The molecule has 42 heteroatoms. The molecule has 556 valence electrons. The third kappa shape index (κ3) is 14.9. The summed E-state index contributed by atoms with van der Waals surface area (Å²) in [6, 6.07) is -1.30. The molecule has 13 rings (SSSR count). The van der Waals surface area contributed by atoms with Crippen molar-refractivity contribution >= 4 is 144 Å². The molecule has 7 aromatic heterocycles. The van der Waals surface area contributed by atoms with Crippen molar-refractivity contribution < 1.29 is 96.9 Å². The monoisotopic (exact) mass is 1570 g/mol. The number of nitrogens with two attached hydrogens (primary N) is 1. The van der Waals surface area contributed by atoms with E-state index in [4.69, 9.17) is 49.1 Å². The van der Waals surface area contributed by atoms with Gasteiger partial charge in [0.25, 0.3) is 35.4 Å². The van der Waals surface area contributed by atoms with Gasteiger partial charge in [0.1, 0.15) is 126 Å². The molecule has 9 amide bonds. The number of allylic oxidation sites excluding steroid dienone is 1. The van der Waals surface area contributed by atoms with Crippen molar-refractivity contribution in [1.29, 1.82) is 0 Å². The number of cyclic esters (lactones) is 2. The number of aromatic nitrogens is 7. The van der Waals surface area contributed by atoms with Gasteiger partial charge in [-0.3, -0.25) is 38.9 Å². The van der Waals surface area contributed by atoms with Gasteiger partial charge in [-0.05, 0) is 59.5 Å². The SMILES string of the molecule is CO/C(C)=C1/NC(=O)C([C@@H](C)O)NC(=O)c2csc(n2)-c2cc(O)c(-c3nc(C(=O)NC(SC[C@@H]4NC(=O)NC4=O)C(N)=O)cs3)nc2-c2csc(n2)[C@@H]2COC(=O)c3c4c5c(cccc5n3O)COC(=O)[C@@H](O[C@H]3C[C@](C)(O)[C@H](N(C)C)[C@H](C)O3)[C@@H](OC4)[C@H](NC(=O)c3csc1n3)c1nc(cs1)C(=O)N2. The minimum atomic E-state index is -1.94. The van der Waals surface area contributed by atoms with Gasteiger partial charge in [0, 0.05) is 55.6 Å². The van der Waals surface area contributed by atoms with E-state index in [0.29, 0.717) is 4.73 Å². The molecule has 5 aliphatic rings. The lowest BCUT2D eigenvalue weighted by Gasteiger charge is -2.48. The molecule has 12 bridgehead atoms. The van der Waals surface area contributed by atoms with Gasteiger partial charge < -0.3 is 91.5 Å². The van der Waals surface area contributed by atoms with Crippen molar-refractivity contribution in [2.24, 2.45) is 5.73 Å². The lowest BCUT2D eigenvalue weighted by molar-refractivity contribution is -0.280. The number of hydrogen-bond donors (Lipinski definition) is 12. The predicted molar refractivity (Wildman–Crippen MR) is 378 cm³/mol. The highest BCUT2D eigenvalue weighted by atomic mass is 32.2. The van der Waals surface area contributed by atoms with E-state index < -0.39 is 162 Å². The summed E-state index contributed by atoms with van der Waals surface area (Å²) in [5.41, 5.74) is 2.37. The Labute approximate surface area is 622 Å². The molecule has 0 aliphatic carbocycles. The number of aliphatic hydroxyl groups excluding tert-OH is 1. The Morgan fingerprint density at radius 1 is 0.830 bits per heavy atom. The van der Waals surface area contributed by atoms with Crippen molar-refractivity contribution in [3.8, 4) is 38.4 Å². The van der Waals surface area contributed by atoms with Crippen molar-refractivity contribution in [1.82, 2.24) is 76.8 Å². The molecule has 0 saturated carbocycles. The van der Waals surface area contributed by atoms with Crippen LogP contribution in [-0.4, -0.2) is 213 Å². The largest absolute Gasteiger partial charge is 0.506 e. The second-order valence-corrected chi connectivity index (χ2v) is 30.6. The first-order valence-corrected chi connectivity index (χ1v) is 37.5. The Kier molecular flexibility index (Phi) is 21.1. The lowest BCUT2D eigenvalue weighted by atomic mass is 9.85. The highest BCUT2D eigenvalue weighted by molar-refractivity contribution is 8.00. The number of nitrogens with zero attached hydrogens (tertiary/aromatic N) is 8. The van der Waals surface area contributed by atoms with Crippen LogP contribution < -0.4 is 43.0 Å². The number of thioether (sulfide) groups is 1. The quantitative estimate of drug-likeness (QED) is 0.0275. The number of imide groups is 1. The third-order valence-corrected chi connectivity index (χ3v) is 23.2. The number of aliphatic hydroxyl groups is 2. The average molecular weight is 1570 g/mol. The Morgan fingerprint density at radius 2 is 1.51 bits per heavy atom. The van der Waals surface area contributed by atoms with Crippen LogP contribution in [0.2, 0.25) is 0 Å². The number of ether oxygens (including phenoxy) is 6. The van der Waals surface area contributed by atoms with Crippen molar-refractivity contribution in [3.63, 3.8) is 0 Å². The number of fused-ring (bicyclic) bond motifs is 15. The van der Waals surface area contributed by atoms with E-state index in [2.05, 4.69) is 52.2 Å². The number of carbonyl (C=O) groups is 10. The first-order valence-electron chi connectivity index (χ1n) is 32.1. The lowest BCUT2D eigenvalue weighted by Crippen LogP contribution is -2.62. The van der Waals surface area contributed by atoms with Crippen LogP contribution in [0.4, 0.5) is 4.79 Å². The topological polar surface area (TPSA) is 503 Å². The van der Waals surface area contributed by atoms with Gasteiger partial charge >= 0.3 is 18.0 Å². The first kappa shape index (κ1) is 74.3. The molecule has 106 heavy (non-hydrogen) atoms. The zero-order valence-electron chi connectivity index (χ0n) is 56.5. The fourth-order valence-electron chi connectivity index (χ4n) is 12.6. The number of methoxy groups -OCH3 is 1. The number of hydrogen-bond acceptors (Lipinski definition) is 33. The van der Waals surface area contributed by atoms with Crippen LogP contribution in [0.25, 0.3) is 49.3 Å². The average Bonchev–Trinajstić information content (AvgIpc) is 1.52. The molecule has 2 saturated heterocycles. The van der Waals surface area contributed by atoms with Gasteiger partial charge in [-0.15, -0.1) is 68.4 Å². The number of esters is 2. The number of likely N-dealkylation sites (N-methyl/N-ethyl adjacent to an activating group) is 1. The summed E-state index contributed by atoms with van der Waals surface area (Å²) in [4.78, 5) is 170. The third-order valence-electron chi connectivity index (χ3n) is 17.6. The van der Waals surface area contributed by atoms with Crippen LogP contribution in [0, 0.1) is 0 Å². The fraction of sp³-hybridized carbons (Fsp3) is 0.375. The van der Waals surface area contributed by atoms with Gasteiger partial charge in [0.15, 0.2) is 23.5 Å². The summed E-state index contributed by atoms with van der Waals surface area (Å²) in [6.45, 7) is 4.13. The summed E-state index contributed by atoms with van der Waals surface area (Å²) >= 11 is 5.10. The molecule has 5 aliphatic heterocycles. The molecule has 2 unspecified atom stereocenters.